The molecule has 1 atom stereocenters. The monoisotopic (exact) mass is 365 g/mol. The summed E-state index contributed by atoms with van der Waals surface area (Å²) in [5, 5.41) is 12.3. The summed E-state index contributed by atoms with van der Waals surface area (Å²) in [4.78, 5) is 31.9. The van der Waals surface area contributed by atoms with Gasteiger partial charge in [-0.3, -0.25) is 4.79 Å². The normalized spacial score (nSPS) is 11.8. The summed E-state index contributed by atoms with van der Waals surface area (Å²) in [5.41, 5.74) is 0.781. The first kappa shape index (κ1) is 18.2. The molecule has 1 aromatic heterocycles. The van der Waals surface area contributed by atoms with Gasteiger partial charge in [0.05, 0.1) is 11.2 Å². The zero-order chi connectivity index (χ0) is 17.5. The minimum atomic E-state index is -1.12. The highest BCUT2D eigenvalue weighted by molar-refractivity contribution is 7.99. The Kier molecular flexibility index (Phi) is 6.57. The lowest BCUT2D eigenvalue weighted by Gasteiger charge is -2.15. The van der Waals surface area contributed by atoms with E-state index in [2.05, 4.69) is 15.3 Å². The molecular formula is C16H16ClN3O3S. The fraction of sp³-hybridized carbons (Fsp3) is 0.250. The Morgan fingerprint density at radius 2 is 2.04 bits per heavy atom. The van der Waals surface area contributed by atoms with Crippen molar-refractivity contribution < 1.29 is 14.7 Å². The number of carboxylic acids is 1. The fourth-order valence-electron chi connectivity index (χ4n) is 1.99. The van der Waals surface area contributed by atoms with Crippen molar-refractivity contribution in [3.05, 3.63) is 52.8 Å². The van der Waals surface area contributed by atoms with Crippen LogP contribution in [0.15, 0.2) is 41.7 Å². The van der Waals surface area contributed by atoms with Gasteiger partial charge in [-0.1, -0.05) is 60.6 Å². The molecule has 0 unspecified atom stereocenters. The molecule has 1 heterocycles. The molecule has 0 fully saturated rings. The third-order valence-electron chi connectivity index (χ3n) is 3.10. The van der Waals surface area contributed by atoms with E-state index in [4.69, 9.17) is 11.6 Å². The van der Waals surface area contributed by atoms with Gasteiger partial charge in [0.1, 0.15) is 6.04 Å². The average molecular weight is 366 g/mol. The van der Waals surface area contributed by atoms with Crippen molar-refractivity contribution in [2.24, 2.45) is 0 Å². The first-order chi connectivity index (χ1) is 11.5. The Balaban J connectivity index is 2.16. The number of nitrogens with one attached hydrogen (secondary N) is 1. The molecular weight excluding hydrogens is 350 g/mol. The second-order valence-electron chi connectivity index (χ2n) is 4.84. The van der Waals surface area contributed by atoms with Crippen LogP contribution in [-0.4, -0.2) is 38.7 Å². The van der Waals surface area contributed by atoms with Gasteiger partial charge in [0, 0.05) is 6.42 Å². The molecule has 6 nitrogen and oxygen atoms in total. The van der Waals surface area contributed by atoms with Gasteiger partial charge in [-0.25, -0.2) is 14.8 Å². The minimum Gasteiger partial charge on any atom is -0.480 e. The standard InChI is InChI=1S/C16H16ClN3O3S/c1-2-24-16-18-9-11(17)13(20-16)14(21)19-12(15(22)23)8-10-6-4-3-5-7-10/h3-7,9,12H,2,8H2,1H3,(H,19,21)(H,22,23)/t12-/m0/s1. The van der Waals surface area contributed by atoms with Crippen LogP contribution in [0.2, 0.25) is 5.02 Å². The zero-order valence-corrected chi connectivity index (χ0v) is 14.5. The number of rotatable bonds is 7. The van der Waals surface area contributed by atoms with Crippen LogP contribution >= 0.6 is 23.4 Å². The van der Waals surface area contributed by atoms with E-state index in [1.165, 1.54) is 18.0 Å². The summed E-state index contributed by atoms with van der Waals surface area (Å²) in [6, 6.07) is 7.99. The van der Waals surface area contributed by atoms with E-state index in [0.717, 1.165) is 11.3 Å². The predicted octanol–water partition coefficient (Wildman–Crippen LogP) is 2.67. The Labute approximate surface area is 148 Å². The molecule has 0 spiro atoms. The average Bonchev–Trinajstić information content (AvgIpc) is 2.57. The molecule has 126 valence electrons. The van der Waals surface area contributed by atoms with E-state index < -0.39 is 17.9 Å². The summed E-state index contributed by atoms with van der Waals surface area (Å²) < 4.78 is 0. The topological polar surface area (TPSA) is 92.2 Å². The highest BCUT2D eigenvalue weighted by atomic mass is 35.5. The number of aromatic nitrogens is 2. The number of carbonyl (C=O) groups is 2. The van der Waals surface area contributed by atoms with Crippen LogP contribution in [0, 0.1) is 0 Å². The smallest absolute Gasteiger partial charge is 0.326 e. The lowest BCUT2D eigenvalue weighted by molar-refractivity contribution is -0.139. The maximum atomic E-state index is 12.4. The van der Waals surface area contributed by atoms with Gasteiger partial charge in [-0.2, -0.15) is 0 Å². The largest absolute Gasteiger partial charge is 0.480 e. The summed E-state index contributed by atoms with van der Waals surface area (Å²) in [6.45, 7) is 1.93. The van der Waals surface area contributed by atoms with Crippen LogP contribution in [0.5, 0.6) is 0 Å². The lowest BCUT2D eigenvalue weighted by atomic mass is 10.1. The Bertz CT molecular complexity index is 728. The lowest BCUT2D eigenvalue weighted by Crippen LogP contribution is -2.42. The number of thioether (sulfide) groups is 1. The molecule has 24 heavy (non-hydrogen) atoms. The van der Waals surface area contributed by atoms with E-state index in [-0.39, 0.29) is 17.1 Å². The van der Waals surface area contributed by atoms with Crippen LogP contribution in [0.1, 0.15) is 23.0 Å². The predicted molar refractivity (Wildman–Crippen MR) is 92.5 cm³/mol. The molecule has 0 saturated heterocycles. The van der Waals surface area contributed by atoms with Gasteiger partial charge in [0.2, 0.25) is 0 Å². The number of amides is 1. The van der Waals surface area contributed by atoms with Crippen LogP contribution in [0.4, 0.5) is 0 Å². The number of hydrogen-bond acceptors (Lipinski definition) is 5. The van der Waals surface area contributed by atoms with Crippen molar-refractivity contribution in [3.8, 4) is 0 Å². The number of halogens is 1. The molecule has 2 rings (SSSR count). The van der Waals surface area contributed by atoms with Crippen molar-refractivity contribution in [2.45, 2.75) is 24.5 Å². The van der Waals surface area contributed by atoms with Gasteiger partial charge in [-0.05, 0) is 11.3 Å². The number of aliphatic carboxylic acids is 1. The van der Waals surface area contributed by atoms with E-state index in [0.29, 0.717) is 5.16 Å². The summed E-state index contributed by atoms with van der Waals surface area (Å²) in [6.07, 6.45) is 1.51. The minimum absolute atomic E-state index is 0.0260. The van der Waals surface area contributed by atoms with Crippen LogP contribution < -0.4 is 5.32 Å². The molecule has 0 bridgehead atoms. The Morgan fingerprint density at radius 3 is 2.67 bits per heavy atom. The SMILES string of the molecule is CCSc1ncc(Cl)c(C(=O)N[C@@H](Cc2ccccc2)C(=O)O)n1. The van der Waals surface area contributed by atoms with Crippen molar-refractivity contribution in [1.29, 1.82) is 0 Å². The molecule has 8 heteroatoms. The van der Waals surface area contributed by atoms with E-state index in [1.54, 1.807) is 12.1 Å². The molecule has 1 aromatic carbocycles. The van der Waals surface area contributed by atoms with Crippen molar-refractivity contribution in [2.75, 3.05) is 5.75 Å². The highest BCUT2D eigenvalue weighted by Crippen LogP contribution is 2.18. The van der Waals surface area contributed by atoms with E-state index in [9.17, 15) is 14.7 Å². The molecule has 0 radical (unpaired) electrons. The van der Waals surface area contributed by atoms with Crippen LogP contribution in [0.25, 0.3) is 0 Å². The zero-order valence-electron chi connectivity index (χ0n) is 12.9. The maximum absolute atomic E-state index is 12.4. The van der Waals surface area contributed by atoms with E-state index >= 15 is 0 Å². The molecule has 0 saturated carbocycles. The number of nitrogens with zero attached hydrogens (tertiary/aromatic N) is 2. The third kappa shape index (κ3) is 4.94. The third-order valence-corrected chi connectivity index (χ3v) is 4.12. The van der Waals surface area contributed by atoms with Gasteiger partial charge in [0.25, 0.3) is 5.91 Å². The summed E-state index contributed by atoms with van der Waals surface area (Å²) in [7, 11) is 0. The molecule has 2 N–H and O–H groups in total. The second kappa shape index (κ2) is 8.65. The van der Waals surface area contributed by atoms with Gasteiger partial charge < -0.3 is 10.4 Å². The van der Waals surface area contributed by atoms with Crippen molar-refractivity contribution in [1.82, 2.24) is 15.3 Å². The van der Waals surface area contributed by atoms with E-state index in [1.807, 2.05) is 25.1 Å². The number of benzene rings is 1. The number of carboxylic acid groups (broad SMARTS) is 1. The Hall–Kier alpha value is -2.12. The Morgan fingerprint density at radius 1 is 1.33 bits per heavy atom. The molecule has 0 aliphatic rings. The molecule has 0 aliphatic carbocycles. The fourth-order valence-corrected chi connectivity index (χ4v) is 2.70. The highest BCUT2D eigenvalue weighted by Gasteiger charge is 2.23. The second-order valence-corrected chi connectivity index (χ2v) is 6.47. The molecule has 1 amide bonds. The van der Waals surface area contributed by atoms with Gasteiger partial charge >= 0.3 is 5.97 Å². The summed E-state index contributed by atoms with van der Waals surface area (Å²) >= 11 is 7.34. The summed E-state index contributed by atoms with van der Waals surface area (Å²) in [5.74, 6) is -1.02. The van der Waals surface area contributed by atoms with Crippen molar-refractivity contribution >= 4 is 35.2 Å². The van der Waals surface area contributed by atoms with Crippen LogP contribution in [-0.2, 0) is 11.2 Å². The molecule has 0 aliphatic heterocycles. The molecule has 2 aromatic rings. The number of hydrogen-bond donors (Lipinski definition) is 2. The maximum Gasteiger partial charge on any atom is 0.326 e. The first-order valence-corrected chi connectivity index (χ1v) is 8.60. The quantitative estimate of drug-likeness (QED) is 0.579. The number of carbonyl (C=O) groups excluding carboxylic acids is 1. The van der Waals surface area contributed by atoms with Crippen LogP contribution in [0.3, 0.4) is 0 Å². The van der Waals surface area contributed by atoms with Gasteiger partial charge in [-0.15, -0.1) is 0 Å². The first-order valence-electron chi connectivity index (χ1n) is 7.24. The van der Waals surface area contributed by atoms with Crippen molar-refractivity contribution in [3.63, 3.8) is 0 Å². The van der Waals surface area contributed by atoms with Gasteiger partial charge in [0.15, 0.2) is 10.9 Å².